The molecule has 1 N–H and O–H groups in total. The number of piperazine rings is 1. The zero-order valence-corrected chi connectivity index (χ0v) is 15.6. The number of nitrogens with one attached hydrogen (secondary N) is 1. The Balaban J connectivity index is 1.59. The topological polar surface area (TPSA) is 44.8 Å². The van der Waals surface area contributed by atoms with Gasteiger partial charge in [-0.15, -0.1) is 0 Å². The number of carbonyl (C=O) groups excluding carboxylic acids is 1. The number of benzene rings is 2. The smallest absolute Gasteiger partial charge is 0.224 e. The van der Waals surface area contributed by atoms with Gasteiger partial charge in [0, 0.05) is 44.0 Å². The Hall–Kier alpha value is -2.69. The summed E-state index contributed by atoms with van der Waals surface area (Å²) in [6.07, 6.45) is 1.42. The molecule has 3 rings (SSSR count). The van der Waals surface area contributed by atoms with Crippen LogP contribution in [0.2, 0.25) is 0 Å². The van der Waals surface area contributed by atoms with E-state index in [0.29, 0.717) is 6.42 Å². The maximum Gasteiger partial charge on any atom is 0.224 e. The minimum Gasteiger partial charge on any atom is -0.495 e. The summed E-state index contributed by atoms with van der Waals surface area (Å²) in [5, 5.41) is 2.93. The van der Waals surface area contributed by atoms with Gasteiger partial charge < -0.3 is 19.9 Å². The molecule has 0 aromatic heterocycles. The van der Waals surface area contributed by atoms with Crippen molar-refractivity contribution in [1.29, 1.82) is 0 Å². The summed E-state index contributed by atoms with van der Waals surface area (Å²) in [7, 11) is 1.72. The second kappa shape index (κ2) is 8.61. The van der Waals surface area contributed by atoms with Crippen LogP contribution in [0.1, 0.15) is 19.8 Å². The summed E-state index contributed by atoms with van der Waals surface area (Å²) in [6.45, 7) is 5.83. The van der Waals surface area contributed by atoms with Crippen LogP contribution < -0.4 is 19.9 Å². The summed E-state index contributed by atoms with van der Waals surface area (Å²) in [5.41, 5.74) is 3.21. The van der Waals surface area contributed by atoms with Gasteiger partial charge in [-0.25, -0.2) is 0 Å². The van der Waals surface area contributed by atoms with Crippen LogP contribution in [0, 0.1) is 0 Å². The van der Waals surface area contributed by atoms with Crippen molar-refractivity contribution >= 4 is 23.0 Å². The molecule has 5 nitrogen and oxygen atoms in total. The van der Waals surface area contributed by atoms with Crippen molar-refractivity contribution in [2.75, 3.05) is 48.4 Å². The molecule has 0 spiro atoms. The fourth-order valence-electron chi connectivity index (χ4n) is 3.30. The molecule has 0 saturated carbocycles. The molecule has 138 valence electrons. The van der Waals surface area contributed by atoms with Crippen molar-refractivity contribution in [3.05, 3.63) is 48.5 Å². The lowest BCUT2D eigenvalue weighted by Gasteiger charge is -2.37. The zero-order valence-electron chi connectivity index (χ0n) is 15.6. The third-order valence-electron chi connectivity index (χ3n) is 4.70. The third kappa shape index (κ3) is 4.28. The van der Waals surface area contributed by atoms with Crippen molar-refractivity contribution in [2.24, 2.45) is 0 Å². The fourth-order valence-corrected chi connectivity index (χ4v) is 3.30. The SMILES string of the molecule is CCCC(=O)Nc1ccc(N2CCN(c3ccccc3OC)CC2)cc1. The number of methoxy groups -OCH3 is 1. The van der Waals surface area contributed by atoms with Gasteiger partial charge in [-0.2, -0.15) is 0 Å². The van der Waals surface area contributed by atoms with Gasteiger partial charge >= 0.3 is 0 Å². The summed E-state index contributed by atoms with van der Waals surface area (Å²) in [6, 6.07) is 16.3. The van der Waals surface area contributed by atoms with Gasteiger partial charge in [-0.3, -0.25) is 4.79 Å². The van der Waals surface area contributed by atoms with Crippen LogP contribution in [0.3, 0.4) is 0 Å². The molecule has 0 bridgehead atoms. The number of carbonyl (C=O) groups is 1. The first-order valence-corrected chi connectivity index (χ1v) is 9.24. The highest BCUT2D eigenvalue weighted by Gasteiger charge is 2.19. The molecule has 1 fully saturated rings. The molecule has 1 heterocycles. The lowest BCUT2D eigenvalue weighted by molar-refractivity contribution is -0.116. The van der Waals surface area contributed by atoms with Crippen molar-refractivity contribution in [1.82, 2.24) is 0 Å². The first kappa shape index (κ1) is 18.1. The second-order valence-electron chi connectivity index (χ2n) is 6.49. The molecule has 0 unspecified atom stereocenters. The standard InChI is InChI=1S/C21H27N3O2/c1-3-6-21(25)22-17-9-11-18(12-10-17)23-13-15-24(16-14-23)19-7-4-5-8-20(19)26-2/h4-5,7-12H,3,6,13-16H2,1-2H3,(H,22,25). The van der Waals surface area contributed by atoms with E-state index in [1.54, 1.807) is 7.11 Å². The third-order valence-corrected chi connectivity index (χ3v) is 4.70. The van der Waals surface area contributed by atoms with Gasteiger partial charge in [0.15, 0.2) is 0 Å². The summed E-state index contributed by atoms with van der Waals surface area (Å²) >= 11 is 0. The first-order chi connectivity index (χ1) is 12.7. The molecule has 5 heteroatoms. The molecule has 1 aliphatic rings. The van der Waals surface area contributed by atoms with Gasteiger partial charge in [0.2, 0.25) is 5.91 Å². The molecule has 2 aromatic rings. The maximum atomic E-state index is 11.7. The number of hydrogen-bond donors (Lipinski definition) is 1. The zero-order chi connectivity index (χ0) is 18.4. The average molecular weight is 353 g/mol. The first-order valence-electron chi connectivity index (χ1n) is 9.24. The minimum absolute atomic E-state index is 0.0747. The van der Waals surface area contributed by atoms with Crippen LogP contribution >= 0.6 is 0 Å². The second-order valence-corrected chi connectivity index (χ2v) is 6.49. The number of rotatable bonds is 6. The quantitative estimate of drug-likeness (QED) is 0.859. The highest BCUT2D eigenvalue weighted by Crippen LogP contribution is 2.29. The summed E-state index contributed by atoms with van der Waals surface area (Å²) < 4.78 is 5.48. The molecule has 1 saturated heterocycles. The fraction of sp³-hybridized carbons (Fsp3) is 0.381. The van der Waals surface area contributed by atoms with Crippen molar-refractivity contribution in [2.45, 2.75) is 19.8 Å². The Labute approximate surface area is 155 Å². The lowest BCUT2D eigenvalue weighted by Crippen LogP contribution is -2.46. The van der Waals surface area contributed by atoms with E-state index in [9.17, 15) is 4.79 Å². The van der Waals surface area contributed by atoms with Gasteiger partial charge in [0.1, 0.15) is 5.75 Å². The molecule has 1 aliphatic heterocycles. The van der Waals surface area contributed by atoms with Crippen LogP contribution in [-0.2, 0) is 4.79 Å². The van der Waals surface area contributed by atoms with Gasteiger partial charge in [0.05, 0.1) is 12.8 Å². The number of anilines is 3. The molecular formula is C21H27N3O2. The highest BCUT2D eigenvalue weighted by molar-refractivity contribution is 5.90. The van der Waals surface area contributed by atoms with Crippen LogP contribution in [0.15, 0.2) is 48.5 Å². The summed E-state index contributed by atoms with van der Waals surface area (Å²) in [5.74, 6) is 0.999. The number of amides is 1. The Morgan fingerprint density at radius 3 is 2.31 bits per heavy atom. The molecule has 0 aliphatic carbocycles. The van der Waals surface area contributed by atoms with E-state index in [1.807, 2.05) is 31.2 Å². The van der Waals surface area contributed by atoms with E-state index in [4.69, 9.17) is 4.74 Å². The largest absolute Gasteiger partial charge is 0.495 e. The van der Waals surface area contributed by atoms with Gasteiger partial charge in [-0.1, -0.05) is 19.1 Å². The Morgan fingerprint density at radius 2 is 1.65 bits per heavy atom. The lowest BCUT2D eigenvalue weighted by atomic mass is 10.2. The minimum atomic E-state index is 0.0747. The van der Waals surface area contributed by atoms with E-state index >= 15 is 0 Å². The Morgan fingerprint density at radius 1 is 1.00 bits per heavy atom. The maximum absolute atomic E-state index is 11.7. The monoisotopic (exact) mass is 353 g/mol. The van der Waals surface area contributed by atoms with Crippen molar-refractivity contribution in [3.8, 4) is 5.75 Å². The Kier molecular flexibility index (Phi) is 6.00. The average Bonchev–Trinajstić information content (AvgIpc) is 2.69. The van der Waals surface area contributed by atoms with E-state index in [2.05, 4.69) is 39.4 Å². The van der Waals surface area contributed by atoms with Crippen LogP contribution in [0.25, 0.3) is 0 Å². The van der Waals surface area contributed by atoms with Crippen LogP contribution in [0.4, 0.5) is 17.1 Å². The molecule has 2 aromatic carbocycles. The predicted octanol–water partition coefficient (Wildman–Crippen LogP) is 3.76. The number of ether oxygens (including phenoxy) is 1. The Bertz CT molecular complexity index is 722. The summed E-state index contributed by atoms with van der Waals surface area (Å²) in [4.78, 5) is 16.4. The van der Waals surface area contributed by atoms with E-state index < -0.39 is 0 Å². The molecular weight excluding hydrogens is 326 g/mol. The highest BCUT2D eigenvalue weighted by atomic mass is 16.5. The molecule has 26 heavy (non-hydrogen) atoms. The van der Waals surface area contributed by atoms with Crippen molar-refractivity contribution < 1.29 is 9.53 Å². The van der Waals surface area contributed by atoms with Crippen LogP contribution in [0.5, 0.6) is 5.75 Å². The van der Waals surface area contributed by atoms with Gasteiger partial charge in [0.25, 0.3) is 0 Å². The number of hydrogen-bond acceptors (Lipinski definition) is 4. The molecule has 1 amide bonds. The van der Waals surface area contributed by atoms with Crippen molar-refractivity contribution in [3.63, 3.8) is 0 Å². The molecule has 0 atom stereocenters. The normalized spacial score (nSPS) is 14.2. The number of para-hydroxylation sites is 2. The van der Waals surface area contributed by atoms with Crippen LogP contribution in [-0.4, -0.2) is 39.2 Å². The van der Waals surface area contributed by atoms with Gasteiger partial charge in [-0.05, 0) is 42.8 Å². The number of nitrogens with zero attached hydrogens (tertiary/aromatic N) is 2. The van der Waals surface area contributed by atoms with E-state index in [0.717, 1.165) is 49.7 Å². The predicted molar refractivity (Wildman–Crippen MR) is 107 cm³/mol. The van der Waals surface area contributed by atoms with E-state index in [1.165, 1.54) is 5.69 Å². The molecule has 0 radical (unpaired) electrons. The van der Waals surface area contributed by atoms with E-state index in [-0.39, 0.29) is 5.91 Å².